The summed E-state index contributed by atoms with van der Waals surface area (Å²) < 4.78 is 5.76. The molecule has 3 heteroatoms. The molecule has 1 aromatic rings. The maximum atomic E-state index is 5.76. The zero-order valence-electron chi connectivity index (χ0n) is 12.1. The molecule has 1 aliphatic carbocycles. The molecule has 0 bridgehead atoms. The topological polar surface area (TPSA) is 38.5 Å². The summed E-state index contributed by atoms with van der Waals surface area (Å²) >= 11 is 0. The van der Waals surface area contributed by atoms with Gasteiger partial charge in [0.15, 0.2) is 0 Å². The predicted octanol–water partition coefficient (Wildman–Crippen LogP) is 3.16. The third kappa shape index (κ3) is 4.13. The van der Waals surface area contributed by atoms with Crippen LogP contribution in [-0.4, -0.2) is 31.1 Å². The number of nitrogens with zero attached hydrogens (tertiary/aromatic N) is 1. The van der Waals surface area contributed by atoms with Gasteiger partial charge in [0.2, 0.25) is 0 Å². The van der Waals surface area contributed by atoms with Crippen LogP contribution in [0, 0.1) is 5.92 Å². The van der Waals surface area contributed by atoms with Gasteiger partial charge < -0.3 is 10.5 Å². The van der Waals surface area contributed by atoms with Crippen molar-refractivity contribution in [2.45, 2.75) is 38.6 Å². The molecule has 0 amide bonds. The molecule has 0 aromatic heterocycles. The van der Waals surface area contributed by atoms with Crippen molar-refractivity contribution in [3.8, 4) is 5.75 Å². The zero-order chi connectivity index (χ0) is 13.7. The van der Waals surface area contributed by atoms with Gasteiger partial charge in [-0.25, -0.2) is 0 Å². The molecule has 0 heterocycles. The Balaban J connectivity index is 1.75. The molecule has 2 rings (SSSR count). The van der Waals surface area contributed by atoms with E-state index in [0.29, 0.717) is 0 Å². The van der Waals surface area contributed by atoms with Gasteiger partial charge in [-0.1, -0.05) is 25.8 Å². The molecule has 0 spiro atoms. The number of anilines is 1. The largest absolute Gasteiger partial charge is 0.492 e. The predicted molar refractivity (Wildman–Crippen MR) is 80.4 cm³/mol. The second-order valence-corrected chi connectivity index (χ2v) is 5.73. The lowest BCUT2D eigenvalue weighted by Crippen LogP contribution is -2.40. The highest BCUT2D eigenvalue weighted by molar-refractivity contribution is 5.43. The van der Waals surface area contributed by atoms with Gasteiger partial charge in [-0.2, -0.15) is 0 Å². The summed E-state index contributed by atoms with van der Waals surface area (Å²) in [7, 11) is 2.22. The molecule has 1 saturated carbocycles. The Morgan fingerprint density at radius 2 is 2.11 bits per heavy atom. The molecule has 3 nitrogen and oxygen atoms in total. The van der Waals surface area contributed by atoms with Crippen LogP contribution in [0.1, 0.15) is 32.6 Å². The van der Waals surface area contributed by atoms with Gasteiger partial charge in [-0.3, -0.25) is 4.90 Å². The van der Waals surface area contributed by atoms with Gasteiger partial charge in [-0.05, 0) is 37.9 Å². The fourth-order valence-electron chi connectivity index (χ4n) is 3.03. The quantitative estimate of drug-likeness (QED) is 0.828. The van der Waals surface area contributed by atoms with Crippen molar-refractivity contribution in [1.29, 1.82) is 0 Å². The first-order valence-corrected chi connectivity index (χ1v) is 7.35. The third-order valence-corrected chi connectivity index (χ3v) is 4.20. The average Bonchev–Trinajstić information content (AvgIpc) is 2.39. The molecule has 106 valence electrons. The average molecular weight is 262 g/mol. The summed E-state index contributed by atoms with van der Waals surface area (Å²) in [5, 5.41) is 0. The lowest BCUT2D eigenvalue weighted by atomic mass is 9.85. The van der Waals surface area contributed by atoms with Crippen molar-refractivity contribution >= 4 is 5.69 Å². The fourth-order valence-corrected chi connectivity index (χ4v) is 3.03. The number of hydrogen-bond acceptors (Lipinski definition) is 3. The van der Waals surface area contributed by atoms with Crippen molar-refractivity contribution in [2.75, 3.05) is 25.9 Å². The van der Waals surface area contributed by atoms with E-state index >= 15 is 0 Å². The van der Waals surface area contributed by atoms with E-state index in [0.717, 1.165) is 36.5 Å². The van der Waals surface area contributed by atoms with Crippen molar-refractivity contribution in [2.24, 2.45) is 5.92 Å². The smallest absolute Gasteiger partial charge is 0.121 e. The van der Waals surface area contributed by atoms with E-state index in [1.807, 2.05) is 24.3 Å². The minimum atomic E-state index is 0.721. The van der Waals surface area contributed by atoms with Gasteiger partial charge in [0, 0.05) is 24.3 Å². The van der Waals surface area contributed by atoms with Gasteiger partial charge >= 0.3 is 0 Å². The van der Waals surface area contributed by atoms with Crippen molar-refractivity contribution < 1.29 is 4.74 Å². The van der Waals surface area contributed by atoms with Crippen molar-refractivity contribution in [3.05, 3.63) is 24.3 Å². The molecular weight excluding hydrogens is 236 g/mol. The Morgan fingerprint density at radius 1 is 1.32 bits per heavy atom. The van der Waals surface area contributed by atoms with Gasteiger partial charge in [0.1, 0.15) is 12.4 Å². The number of nitrogens with two attached hydrogens (primary N) is 1. The molecule has 2 atom stereocenters. The van der Waals surface area contributed by atoms with Crippen LogP contribution in [0.5, 0.6) is 5.75 Å². The molecule has 1 aromatic carbocycles. The van der Waals surface area contributed by atoms with Gasteiger partial charge in [-0.15, -0.1) is 0 Å². The molecule has 0 radical (unpaired) electrons. The van der Waals surface area contributed by atoms with Crippen LogP contribution >= 0.6 is 0 Å². The molecule has 0 saturated heterocycles. The summed E-state index contributed by atoms with van der Waals surface area (Å²) in [4.78, 5) is 2.45. The first kappa shape index (κ1) is 14.2. The number of benzene rings is 1. The van der Waals surface area contributed by atoms with Crippen LogP contribution in [0.15, 0.2) is 24.3 Å². The van der Waals surface area contributed by atoms with E-state index in [-0.39, 0.29) is 0 Å². The van der Waals surface area contributed by atoms with Crippen LogP contribution < -0.4 is 10.5 Å². The molecule has 1 aliphatic rings. The van der Waals surface area contributed by atoms with Crippen LogP contribution in [0.25, 0.3) is 0 Å². The van der Waals surface area contributed by atoms with Crippen molar-refractivity contribution in [1.82, 2.24) is 4.90 Å². The number of nitrogen functional groups attached to an aromatic ring is 1. The summed E-state index contributed by atoms with van der Waals surface area (Å²) in [5.41, 5.74) is 6.49. The summed E-state index contributed by atoms with van der Waals surface area (Å²) in [6.07, 6.45) is 5.46. The second-order valence-electron chi connectivity index (χ2n) is 5.73. The number of hydrogen-bond donors (Lipinski definition) is 1. The van der Waals surface area contributed by atoms with E-state index in [1.165, 1.54) is 25.7 Å². The van der Waals surface area contributed by atoms with Gasteiger partial charge in [0.05, 0.1) is 0 Å². The molecule has 2 unspecified atom stereocenters. The zero-order valence-corrected chi connectivity index (χ0v) is 12.1. The maximum absolute atomic E-state index is 5.76. The summed E-state index contributed by atoms with van der Waals surface area (Å²) in [6, 6.07) is 8.36. The van der Waals surface area contributed by atoms with Crippen LogP contribution in [0.4, 0.5) is 5.69 Å². The highest BCUT2D eigenvalue weighted by Crippen LogP contribution is 2.27. The summed E-state index contributed by atoms with van der Waals surface area (Å²) in [5.74, 6) is 1.68. The van der Waals surface area contributed by atoms with Gasteiger partial charge in [0.25, 0.3) is 0 Å². The van der Waals surface area contributed by atoms with Crippen LogP contribution in [0.2, 0.25) is 0 Å². The van der Waals surface area contributed by atoms with E-state index in [4.69, 9.17) is 10.5 Å². The normalized spacial score (nSPS) is 23.5. The highest BCUT2D eigenvalue weighted by atomic mass is 16.5. The Labute approximate surface area is 116 Å². The molecular formula is C16H26N2O. The van der Waals surface area contributed by atoms with E-state index in [2.05, 4.69) is 18.9 Å². The third-order valence-electron chi connectivity index (χ3n) is 4.20. The maximum Gasteiger partial charge on any atom is 0.121 e. The highest BCUT2D eigenvalue weighted by Gasteiger charge is 2.24. The molecule has 1 fully saturated rings. The standard InChI is InChI=1S/C16H26N2O/c1-13-6-3-4-9-16(13)18(2)10-11-19-15-8-5-7-14(17)12-15/h5,7-8,12-13,16H,3-4,6,9-11,17H2,1-2H3. The second kappa shape index (κ2) is 6.80. The Bertz CT molecular complexity index is 394. The summed E-state index contributed by atoms with van der Waals surface area (Å²) in [6.45, 7) is 4.08. The minimum absolute atomic E-state index is 0.721. The SMILES string of the molecule is CC1CCCCC1N(C)CCOc1cccc(N)c1. The van der Waals surface area contributed by atoms with E-state index in [1.54, 1.807) is 0 Å². The molecule has 19 heavy (non-hydrogen) atoms. The van der Waals surface area contributed by atoms with E-state index in [9.17, 15) is 0 Å². The molecule has 2 N–H and O–H groups in total. The number of ether oxygens (including phenoxy) is 1. The fraction of sp³-hybridized carbons (Fsp3) is 0.625. The first-order valence-electron chi connectivity index (χ1n) is 7.35. The number of rotatable bonds is 5. The lowest BCUT2D eigenvalue weighted by molar-refractivity contribution is 0.120. The van der Waals surface area contributed by atoms with Crippen LogP contribution in [-0.2, 0) is 0 Å². The van der Waals surface area contributed by atoms with E-state index < -0.39 is 0 Å². The Morgan fingerprint density at radius 3 is 2.84 bits per heavy atom. The van der Waals surface area contributed by atoms with Crippen molar-refractivity contribution in [3.63, 3.8) is 0 Å². The first-order chi connectivity index (χ1) is 9.16. The Kier molecular flexibility index (Phi) is 5.08. The number of likely N-dealkylation sites (N-methyl/N-ethyl adjacent to an activating group) is 1. The monoisotopic (exact) mass is 262 g/mol. The van der Waals surface area contributed by atoms with Crippen LogP contribution in [0.3, 0.4) is 0 Å². The minimum Gasteiger partial charge on any atom is -0.492 e. The Hall–Kier alpha value is -1.22. The lowest BCUT2D eigenvalue weighted by Gasteiger charge is -2.36. The molecule has 0 aliphatic heterocycles.